The summed E-state index contributed by atoms with van der Waals surface area (Å²) >= 11 is 0. The van der Waals surface area contributed by atoms with Crippen molar-refractivity contribution in [1.82, 2.24) is 9.96 Å². The molecule has 130 valence electrons. The van der Waals surface area contributed by atoms with Crippen LogP contribution in [-0.4, -0.2) is 45.5 Å². The van der Waals surface area contributed by atoms with Crippen LogP contribution in [0.1, 0.15) is 39.2 Å². The van der Waals surface area contributed by atoms with Crippen LogP contribution in [0.15, 0.2) is 30.3 Å². The number of hydrogen-bond donors (Lipinski definition) is 1. The van der Waals surface area contributed by atoms with Gasteiger partial charge in [0.05, 0.1) is 12.1 Å². The van der Waals surface area contributed by atoms with Crippen molar-refractivity contribution >= 4 is 6.09 Å². The van der Waals surface area contributed by atoms with Gasteiger partial charge in [-0.2, -0.15) is 10.3 Å². The van der Waals surface area contributed by atoms with E-state index in [0.717, 1.165) is 5.56 Å². The van der Waals surface area contributed by atoms with Gasteiger partial charge in [-0.25, -0.2) is 4.79 Å². The predicted octanol–water partition coefficient (Wildman–Crippen LogP) is 3.17. The van der Waals surface area contributed by atoms with Gasteiger partial charge < -0.3 is 9.94 Å². The molecule has 2 atom stereocenters. The second kappa shape index (κ2) is 7.65. The van der Waals surface area contributed by atoms with Crippen molar-refractivity contribution in [2.75, 3.05) is 6.54 Å². The van der Waals surface area contributed by atoms with Gasteiger partial charge in [0.2, 0.25) is 0 Å². The van der Waals surface area contributed by atoms with Crippen molar-refractivity contribution in [3.8, 4) is 6.07 Å². The molecular weight excluding hydrogens is 306 g/mol. The summed E-state index contributed by atoms with van der Waals surface area (Å²) in [6, 6.07) is 11.1. The molecule has 1 N–H and O–H groups in total. The normalized spacial score (nSPS) is 21.4. The Morgan fingerprint density at radius 1 is 1.38 bits per heavy atom. The molecule has 1 amide bonds. The number of rotatable bonds is 3. The summed E-state index contributed by atoms with van der Waals surface area (Å²) in [5, 5.41) is 20.9. The van der Waals surface area contributed by atoms with Crippen molar-refractivity contribution in [3.05, 3.63) is 35.9 Å². The number of likely N-dealkylation sites (tertiary alicyclic amines) is 1. The van der Waals surface area contributed by atoms with Crippen LogP contribution in [0.3, 0.4) is 0 Å². The Labute approximate surface area is 143 Å². The van der Waals surface area contributed by atoms with Crippen LogP contribution in [0.5, 0.6) is 0 Å². The Kier molecular flexibility index (Phi) is 5.81. The van der Waals surface area contributed by atoms with Crippen molar-refractivity contribution < 1.29 is 14.7 Å². The van der Waals surface area contributed by atoms with E-state index in [9.17, 15) is 15.3 Å². The zero-order valence-corrected chi connectivity index (χ0v) is 14.5. The molecule has 6 heteroatoms. The lowest BCUT2D eigenvalue weighted by molar-refractivity contribution is -0.150. The van der Waals surface area contributed by atoms with E-state index < -0.39 is 17.7 Å². The lowest BCUT2D eigenvalue weighted by Gasteiger charge is -2.39. The molecule has 1 unspecified atom stereocenters. The van der Waals surface area contributed by atoms with Gasteiger partial charge in [-0.1, -0.05) is 30.3 Å². The fraction of sp³-hybridized carbons (Fsp3) is 0.556. The number of benzene rings is 1. The highest BCUT2D eigenvalue weighted by atomic mass is 16.6. The van der Waals surface area contributed by atoms with Gasteiger partial charge >= 0.3 is 6.09 Å². The number of amides is 1. The topological polar surface area (TPSA) is 76.8 Å². The van der Waals surface area contributed by atoms with Crippen molar-refractivity contribution in [2.24, 2.45) is 0 Å². The van der Waals surface area contributed by atoms with Gasteiger partial charge in [-0.05, 0) is 39.2 Å². The predicted molar refractivity (Wildman–Crippen MR) is 89.1 cm³/mol. The number of carbonyl (C=O) groups is 1. The highest BCUT2D eigenvalue weighted by Crippen LogP contribution is 2.23. The summed E-state index contributed by atoms with van der Waals surface area (Å²) in [5.74, 6) is 0. The third-order valence-electron chi connectivity index (χ3n) is 3.94. The number of carbonyl (C=O) groups excluding carboxylic acids is 1. The minimum Gasteiger partial charge on any atom is -0.444 e. The average Bonchev–Trinajstić information content (AvgIpc) is 2.53. The summed E-state index contributed by atoms with van der Waals surface area (Å²) in [5.41, 5.74) is 0.374. The first kappa shape index (κ1) is 18.2. The average molecular weight is 331 g/mol. The molecule has 0 spiro atoms. The quantitative estimate of drug-likeness (QED) is 0.861. The van der Waals surface area contributed by atoms with E-state index in [-0.39, 0.29) is 12.6 Å². The Morgan fingerprint density at radius 3 is 2.62 bits per heavy atom. The van der Waals surface area contributed by atoms with Crippen LogP contribution in [0.25, 0.3) is 0 Å². The molecule has 24 heavy (non-hydrogen) atoms. The highest BCUT2D eigenvalue weighted by molar-refractivity contribution is 5.69. The molecule has 0 bridgehead atoms. The Morgan fingerprint density at radius 2 is 2.04 bits per heavy atom. The molecular formula is C18H25N3O3. The van der Waals surface area contributed by atoms with Crippen molar-refractivity contribution in [1.29, 1.82) is 5.26 Å². The molecule has 0 aliphatic carbocycles. The van der Waals surface area contributed by atoms with Crippen LogP contribution in [0.2, 0.25) is 0 Å². The molecule has 0 aromatic heterocycles. The maximum absolute atomic E-state index is 12.4. The molecule has 1 aliphatic heterocycles. The monoisotopic (exact) mass is 331 g/mol. The van der Waals surface area contributed by atoms with Gasteiger partial charge in [0.25, 0.3) is 0 Å². The molecule has 1 heterocycles. The Hall–Kier alpha value is -2.10. The maximum Gasteiger partial charge on any atom is 0.411 e. The van der Waals surface area contributed by atoms with Crippen LogP contribution in [0.4, 0.5) is 4.79 Å². The maximum atomic E-state index is 12.4. The lowest BCUT2D eigenvalue weighted by atomic mass is 9.99. The van der Waals surface area contributed by atoms with Gasteiger partial charge in [-0.3, -0.25) is 4.90 Å². The van der Waals surface area contributed by atoms with Crippen LogP contribution in [0, 0.1) is 11.3 Å². The molecule has 1 aliphatic rings. The number of piperidine rings is 1. The fourth-order valence-electron chi connectivity index (χ4n) is 2.75. The molecule has 0 saturated carbocycles. The van der Waals surface area contributed by atoms with E-state index in [0.29, 0.717) is 19.4 Å². The van der Waals surface area contributed by atoms with E-state index >= 15 is 0 Å². The molecule has 1 aromatic rings. The number of nitrogens with zero attached hydrogens (tertiary/aromatic N) is 3. The number of hydrogen-bond acceptors (Lipinski definition) is 5. The van der Waals surface area contributed by atoms with Gasteiger partial charge in [0.1, 0.15) is 11.6 Å². The van der Waals surface area contributed by atoms with Crippen LogP contribution in [-0.2, 0) is 11.3 Å². The van der Waals surface area contributed by atoms with Gasteiger partial charge in [-0.15, -0.1) is 0 Å². The van der Waals surface area contributed by atoms with Crippen LogP contribution < -0.4 is 0 Å². The standard InChI is InChI=1S/C18H25N3O3/c1-18(2,3)24-17(22)20-13-16(10-9-15(20)11-19)21(23)12-14-7-5-4-6-8-14/h4-8,15-16,23H,9-10,12-13H2,1-3H3/t15?,16-/m1/s1. The largest absolute Gasteiger partial charge is 0.444 e. The van der Waals surface area contributed by atoms with E-state index in [1.807, 2.05) is 30.3 Å². The van der Waals surface area contributed by atoms with E-state index in [1.165, 1.54) is 9.96 Å². The summed E-state index contributed by atoms with van der Waals surface area (Å²) in [6.45, 7) is 6.03. The van der Waals surface area contributed by atoms with E-state index in [2.05, 4.69) is 6.07 Å². The fourth-order valence-corrected chi connectivity index (χ4v) is 2.75. The number of nitriles is 1. The van der Waals surface area contributed by atoms with Crippen molar-refractivity contribution in [3.63, 3.8) is 0 Å². The number of ether oxygens (including phenoxy) is 1. The summed E-state index contributed by atoms with van der Waals surface area (Å²) < 4.78 is 5.39. The third-order valence-corrected chi connectivity index (χ3v) is 3.94. The second-order valence-electron chi connectivity index (χ2n) is 7.09. The summed E-state index contributed by atoms with van der Waals surface area (Å²) in [4.78, 5) is 13.8. The molecule has 1 saturated heterocycles. The second-order valence-corrected chi connectivity index (χ2v) is 7.09. The first-order valence-electron chi connectivity index (χ1n) is 8.19. The minimum absolute atomic E-state index is 0.220. The Balaban J connectivity index is 2.03. The summed E-state index contributed by atoms with van der Waals surface area (Å²) in [6.07, 6.45) is 0.666. The minimum atomic E-state index is -0.618. The van der Waals surface area contributed by atoms with Crippen molar-refractivity contribution in [2.45, 2.75) is 57.8 Å². The van der Waals surface area contributed by atoms with E-state index in [1.54, 1.807) is 20.8 Å². The van der Waals surface area contributed by atoms with Gasteiger partial charge in [0.15, 0.2) is 0 Å². The van der Waals surface area contributed by atoms with Crippen LogP contribution >= 0.6 is 0 Å². The number of hydroxylamine groups is 2. The molecule has 6 nitrogen and oxygen atoms in total. The Bertz CT molecular complexity index is 592. The first-order chi connectivity index (χ1) is 11.3. The molecule has 1 fully saturated rings. The zero-order valence-electron chi connectivity index (χ0n) is 14.5. The smallest absolute Gasteiger partial charge is 0.411 e. The van der Waals surface area contributed by atoms with Gasteiger partial charge in [0, 0.05) is 13.1 Å². The molecule has 2 rings (SSSR count). The zero-order chi connectivity index (χ0) is 17.7. The third kappa shape index (κ3) is 4.95. The SMILES string of the molecule is CC(C)(C)OC(=O)N1C[C@H](N(O)Cc2ccccc2)CCC1C#N. The molecule has 0 radical (unpaired) electrons. The molecule has 1 aromatic carbocycles. The van der Waals surface area contributed by atoms with E-state index in [4.69, 9.17) is 4.74 Å². The lowest BCUT2D eigenvalue weighted by Crippen LogP contribution is -2.53. The summed E-state index contributed by atoms with van der Waals surface area (Å²) in [7, 11) is 0. The first-order valence-corrected chi connectivity index (χ1v) is 8.19. The highest BCUT2D eigenvalue weighted by Gasteiger charge is 2.36.